The van der Waals surface area contributed by atoms with E-state index in [2.05, 4.69) is 215 Å². The summed E-state index contributed by atoms with van der Waals surface area (Å²) >= 11 is 1.82. The quantitative estimate of drug-likeness (QED) is 0.177. The van der Waals surface area contributed by atoms with E-state index in [0.717, 1.165) is 50.3 Å². The molecule has 0 bridgehead atoms. The monoisotopic (exact) mass is 818 g/mol. The second-order valence-electron chi connectivity index (χ2n) is 16.6. The molecule has 0 unspecified atom stereocenters. The van der Waals surface area contributed by atoms with E-state index in [0.29, 0.717) is 0 Å². The van der Waals surface area contributed by atoms with Gasteiger partial charge in [-0.1, -0.05) is 127 Å². The Kier molecular flexibility index (Phi) is 7.24. The second kappa shape index (κ2) is 13.2. The standard InChI is InChI=1S/C58H34N4S/c1-6-16-50-48(15-1)57(60-58(59-50)38-25-28-47-46-14-5-10-20-55(46)63-56(47)34-38)37-22-21-35-23-26-42(30-39(35)29-37)62-53-19-9-4-13-45(53)49-32-40-31-41(27-24-36(40)33-54(49)62)61-51-17-7-2-11-43(51)44-12-3-8-18-52(44)61/h1-34H. The van der Waals surface area contributed by atoms with E-state index in [-0.39, 0.29) is 0 Å². The van der Waals surface area contributed by atoms with Crippen molar-refractivity contribution in [1.29, 1.82) is 0 Å². The van der Waals surface area contributed by atoms with E-state index in [4.69, 9.17) is 9.97 Å². The van der Waals surface area contributed by atoms with E-state index in [1.807, 2.05) is 11.3 Å². The van der Waals surface area contributed by atoms with Crippen LogP contribution in [0.4, 0.5) is 0 Å². The van der Waals surface area contributed by atoms with E-state index in [9.17, 15) is 0 Å². The number of hydrogen-bond acceptors (Lipinski definition) is 3. The first-order valence-corrected chi connectivity index (χ1v) is 22.2. The van der Waals surface area contributed by atoms with Crippen LogP contribution >= 0.6 is 11.3 Å². The molecule has 63 heavy (non-hydrogen) atoms. The van der Waals surface area contributed by atoms with Crippen LogP contribution in [0, 0.1) is 0 Å². The zero-order valence-corrected chi connectivity index (χ0v) is 34.6. The molecule has 0 N–H and O–H groups in total. The highest BCUT2D eigenvalue weighted by atomic mass is 32.1. The highest BCUT2D eigenvalue weighted by Crippen LogP contribution is 2.40. The third-order valence-electron chi connectivity index (χ3n) is 13.0. The number of para-hydroxylation sites is 4. The lowest BCUT2D eigenvalue weighted by molar-refractivity contribution is 1.18. The van der Waals surface area contributed by atoms with Gasteiger partial charge in [0.05, 0.1) is 33.3 Å². The fourth-order valence-corrected chi connectivity index (χ4v) is 11.3. The lowest BCUT2D eigenvalue weighted by Gasteiger charge is -2.13. The van der Waals surface area contributed by atoms with Crippen LogP contribution in [-0.4, -0.2) is 19.1 Å². The van der Waals surface area contributed by atoms with Crippen molar-refractivity contribution in [2.24, 2.45) is 0 Å². The van der Waals surface area contributed by atoms with Gasteiger partial charge in [0.1, 0.15) is 0 Å². The number of benzene rings is 10. The number of nitrogens with zero attached hydrogens (tertiary/aromatic N) is 4. The molecule has 0 saturated heterocycles. The first kappa shape index (κ1) is 34.6. The SMILES string of the molecule is c1ccc2c(-c3ccc4ccc(-n5c6ccccc6c6cc7cc(-n8c9ccccc9c9ccccc98)ccc7cc65)cc4c3)nc(-c3ccc4c(c3)sc3ccccc34)nc2c1. The van der Waals surface area contributed by atoms with Crippen molar-refractivity contribution in [3.63, 3.8) is 0 Å². The van der Waals surface area contributed by atoms with Crippen LogP contribution < -0.4 is 0 Å². The lowest BCUT2D eigenvalue weighted by Crippen LogP contribution is -1.96. The summed E-state index contributed by atoms with van der Waals surface area (Å²) in [4.78, 5) is 10.4. The largest absolute Gasteiger partial charge is 0.309 e. The summed E-state index contributed by atoms with van der Waals surface area (Å²) in [5, 5.41) is 13.4. The molecular weight excluding hydrogens is 785 g/mol. The Bertz CT molecular complexity index is 4170. The molecular formula is C58H34N4S. The van der Waals surface area contributed by atoms with Gasteiger partial charge in [-0.15, -0.1) is 11.3 Å². The van der Waals surface area contributed by atoms with Gasteiger partial charge in [0.25, 0.3) is 0 Å². The third-order valence-corrected chi connectivity index (χ3v) is 14.2. The van der Waals surface area contributed by atoms with Crippen molar-refractivity contribution < 1.29 is 0 Å². The number of aromatic nitrogens is 4. The summed E-state index contributed by atoms with van der Waals surface area (Å²) in [6, 6.07) is 75.1. The van der Waals surface area contributed by atoms with Gasteiger partial charge in [-0.3, -0.25) is 0 Å². The highest BCUT2D eigenvalue weighted by Gasteiger charge is 2.18. The second-order valence-corrected chi connectivity index (χ2v) is 17.7. The summed E-state index contributed by atoms with van der Waals surface area (Å²) in [6.45, 7) is 0. The predicted molar refractivity (Wildman–Crippen MR) is 267 cm³/mol. The van der Waals surface area contributed by atoms with Gasteiger partial charge in [-0.25, -0.2) is 9.97 Å². The van der Waals surface area contributed by atoms with E-state index in [1.54, 1.807) is 0 Å². The van der Waals surface area contributed by atoms with E-state index >= 15 is 0 Å². The molecule has 4 aromatic heterocycles. The Morgan fingerprint density at radius 1 is 0.317 bits per heavy atom. The van der Waals surface area contributed by atoms with Gasteiger partial charge >= 0.3 is 0 Å². The molecule has 0 radical (unpaired) electrons. The van der Waals surface area contributed by atoms with Crippen molar-refractivity contribution in [3.05, 3.63) is 206 Å². The van der Waals surface area contributed by atoms with Crippen LogP contribution in [0.2, 0.25) is 0 Å². The summed E-state index contributed by atoms with van der Waals surface area (Å²) in [5.41, 5.74) is 11.0. The number of thiophene rings is 1. The Balaban J connectivity index is 0.911. The van der Waals surface area contributed by atoms with Crippen LogP contribution in [0.1, 0.15) is 0 Å². The zero-order valence-electron chi connectivity index (χ0n) is 33.8. The van der Waals surface area contributed by atoms with Crippen LogP contribution in [0.5, 0.6) is 0 Å². The average Bonchev–Trinajstić information content (AvgIpc) is 3.99. The van der Waals surface area contributed by atoms with Crippen molar-refractivity contribution in [3.8, 4) is 34.0 Å². The van der Waals surface area contributed by atoms with Gasteiger partial charge in [0, 0.05) is 69.6 Å². The minimum absolute atomic E-state index is 0.733. The van der Waals surface area contributed by atoms with Crippen LogP contribution in [-0.2, 0) is 0 Å². The zero-order chi connectivity index (χ0) is 41.2. The van der Waals surface area contributed by atoms with Crippen molar-refractivity contribution in [1.82, 2.24) is 19.1 Å². The van der Waals surface area contributed by atoms with Gasteiger partial charge in [0.2, 0.25) is 0 Å². The van der Waals surface area contributed by atoms with Crippen molar-refractivity contribution in [2.45, 2.75) is 0 Å². The molecule has 0 amide bonds. The molecule has 0 aliphatic heterocycles. The maximum Gasteiger partial charge on any atom is 0.160 e. The Morgan fingerprint density at radius 2 is 0.873 bits per heavy atom. The minimum atomic E-state index is 0.733. The lowest BCUT2D eigenvalue weighted by atomic mass is 10.0. The van der Waals surface area contributed by atoms with Gasteiger partial charge in [-0.2, -0.15) is 0 Å². The first-order chi connectivity index (χ1) is 31.2. The molecule has 0 atom stereocenters. The Labute approximate surface area is 365 Å². The van der Waals surface area contributed by atoms with Crippen LogP contribution in [0.3, 0.4) is 0 Å². The smallest absolute Gasteiger partial charge is 0.160 e. The molecule has 0 saturated carbocycles. The molecule has 10 aromatic carbocycles. The highest BCUT2D eigenvalue weighted by molar-refractivity contribution is 7.25. The molecule has 0 fully saturated rings. The predicted octanol–water partition coefficient (Wildman–Crippen LogP) is 15.8. The maximum absolute atomic E-state index is 5.33. The molecule has 14 rings (SSSR count). The topological polar surface area (TPSA) is 35.6 Å². The van der Waals surface area contributed by atoms with E-state index < -0.39 is 0 Å². The van der Waals surface area contributed by atoms with Gasteiger partial charge in [-0.05, 0) is 100 Å². The first-order valence-electron chi connectivity index (χ1n) is 21.4. The summed E-state index contributed by atoms with van der Waals surface area (Å²) in [5.74, 6) is 0.733. The molecule has 0 aliphatic carbocycles. The maximum atomic E-state index is 5.33. The van der Waals surface area contributed by atoms with Crippen LogP contribution in [0.25, 0.3) is 130 Å². The Morgan fingerprint density at radius 3 is 1.62 bits per heavy atom. The summed E-state index contributed by atoms with van der Waals surface area (Å²) in [7, 11) is 0. The fourth-order valence-electron chi connectivity index (χ4n) is 10.1. The summed E-state index contributed by atoms with van der Waals surface area (Å²) < 4.78 is 7.36. The number of rotatable bonds is 4. The van der Waals surface area contributed by atoms with Gasteiger partial charge in [0.15, 0.2) is 5.82 Å². The molecule has 292 valence electrons. The van der Waals surface area contributed by atoms with Crippen molar-refractivity contribution >= 4 is 108 Å². The molecule has 0 spiro atoms. The molecule has 0 aliphatic rings. The van der Waals surface area contributed by atoms with E-state index in [1.165, 1.54) is 79.9 Å². The minimum Gasteiger partial charge on any atom is -0.309 e. The molecule has 5 heteroatoms. The molecule has 14 aromatic rings. The molecule has 4 heterocycles. The number of hydrogen-bond donors (Lipinski definition) is 0. The fraction of sp³-hybridized carbons (Fsp3) is 0. The Hall–Kier alpha value is -8.12. The van der Waals surface area contributed by atoms with Crippen LogP contribution in [0.15, 0.2) is 206 Å². The molecule has 4 nitrogen and oxygen atoms in total. The normalized spacial score (nSPS) is 12.1. The summed E-state index contributed by atoms with van der Waals surface area (Å²) in [6.07, 6.45) is 0. The third kappa shape index (κ3) is 5.21. The number of fused-ring (bicyclic) bond motifs is 12. The van der Waals surface area contributed by atoms with Crippen molar-refractivity contribution in [2.75, 3.05) is 0 Å². The van der Waals surface area contributed by atoms with Gasteiger partial charge < -0.3 is 9.13 Å². The average molecular weight is 819 g/mol.